The van der Waals surface area contributed by atoms with E-state index in [0.29, 0.717) is 47.0 Å². The third-order valence-electron chi connectivity index (χ3n) is 25.9. The lowest BCUT2D eigenvalue weighted by Crippen LogP contribution is -2.74. The van der Waals surface area contributed by atoms with Crippen LogP contribution in [-0.2, 0) is 0 Å². The van der Waals surface area contributed by atoms with Gasteiger partial charge in [0.15, 0.2) is 27.8 Å². The second kappa shape index (κ2) is 28.6. The van der Waals surface area contributed by atoms with E-state index in [-0.39, 0.29) is 0 Å². The maximum atomic E-state index is 5.69. The molecule has 0 aliphatic heterocycles. The van der Waals surface area contributed by atoms with Crippen LogP contribution in [0.4, 0.5) is 0 Å². The Morgan fingerprint density at radius 1 is 0.181 bits per heavy atom. The Balaban J connectivity index is 0.637. The molecule has 0 aliphatic rings. The Kier molecular flexibility index (Phi) is 16.2. The lowest BCUT2D eigenvalue weighted by Gasteiger charge is -2.34. The molecule has 594 valence electrons. The number of fused-ring (bicyclic) bond motifs is 19. The average molecular weight is 1680 g/mol. The van der Waals surface area contributed by atoms with Gasteiger partial charge in [0.2, 0.25) is 35.3 Å². The molecule has 0 saturated carbocycles. The summed E-state index contributed by atoms with van der Waals surface area (Å²) in [7, 11) is -6.08. The first kappa shape index (κ1) is 72.2. The summed E-state index contributed by atoms with van der Waals surface area (Å²) in [5, 5.41) is 17.0. The maximum Gasteiger partial charge on any atom is 0.242 e. The zero-order chi connectivity index (χ0) is 83.4. The third kappa shape index (κ3) is 11.0. The van der Waals surface area contributed by atoms with Crippen molar-refractivity contribution >= 4 is 188 Å². The van der Waals surface area contributed by atoms with Crippen molar-refractivity contribution in [2.24, 2.45) is 0 Å². The number of nitrogens with zero attached hydrogens (tertiary/aromatic N) is 14. The van der Waals surface area contributed by atoms with Crippen LogP contribution in [0.15, 0.2) is 425 Å². The smallest absolute Gasteiger partial charge is 0.242 e. The van der Waals surface area contributed by atoms with Crippen LogP contribution in [0.2, 0.25) is 0 Å². The Hall–Kier alpha value is -16.4. The maximum absolute atomic E-state index is 5.69. The zero-order valence-electron chi connectivity index (χ0n) is 68.1. The molecule has 0 fully saturated rings. The first-order chi connectivity index (χ1) is 63.0. The molecule has 14 nitrogen and oxygen atoms in total. The van der Waals surface area contributed by atoms with Crippen LogP contribution in [0, 0.1) is 0 Å². The third-order valence-corrected chi connectivity index (χ3v) is 36.6. The summed E-state index contributed by atoms with van der Waals surface area (Å²) in [6, 6.07) is 154. The van der Waals surface area contributed by atoms with E-state index in [1.165, 1.54) is 61.7 Å². The highest BCUT2D eigenvalue weighted by Crippen LogP contribution is 2.41. The summed E-state index contributed by atoms with van der Waals surface area (Å²) >= 11 is 1.85. The van der Waals surface area contributed by atoms with Crippen molar-refractivity contribution < 1.29 is 0 Å². The van der Waals surface area contributed by atoms with Crippen LogP contribution in [-0.4, -0.2) is 83.1 Å². The molecule has 0 radical (unpaired) electrons. The van der Waals surface area contributed by atoms with E-state index < -0.39 is 16.1 Å². The largest absolute Gasteiger partial charge is 0.278 e. The SMILES string of the molecule is c1ccc([Si](c2ccccc2)(c2ccccc2)c2cccc(-c3nc(-n4c5ccccc5c5ccccc54)nc(-n4c5ccccc5n5c6ccc(-c7ccc8c(c7)c7ccccc7n8-c7nc(-c8ccc([Si](c9ccccc9)(c9ccccc9)c9ccc%10sc%11ccccc%11c%10c9)cc8)nc(-n8c9ccccc9n9c%10ccccc%10nc89)n7)cc6nc45)n3)c2)cc1. The number of imidazole rings is 4. The fraction of sp³-hybridized carbons (Fsp3) is 0. The topological polar surface area (TPSA) is 132 Å². The minimum Gasteiger partial charge on any atom is -0.278 e. The van der Waals surface area contributed by atoms with Gasteiger partial charge in [-0.1, -0.05) is 334 Å². The molecule has 127 heavy (non-hydrogen) atoms. The van der Waals surface area contributed by atoms with Crippen molar-refractivity contribution in [2.75, 3.05) is 0 Å². The molecule has 9 aromatic heterocycles. The Morgan fingerprint density at radius 2 is 0.528 bits per heavy atom. The van der Waals surface area contributed by atoms with E-state index in [1.54, 1.807) is 0 Å². The van der Waals surface area contributed by atoms with Gasteiger partial charge >= 0.3 is 0 Å². The summed E-state index contributed by atoms with van der Waals surface area (Å²) in [4.78, 5) is 44.9. The van der Waals surface area contributed by atoms with Gasteiger partial charge in [0.05, 0.1) is 66.2 Å². The minimum atomic E-state index is -3.06. The van der Waals surface area contributed by atoms with Crippen molar-refractivity contribution in [3.8, 4) is 57.7 Å². The van der Waals surface area contributed by atoms with Gasteiger partial charge in [0, 0.05) is 52.8 Å². The van der Waals surface area contributed by atoms with Gasteiger partial charge in [0.25, 0.3) is 0 Å². The van der Waals surface area contributed by atoms with E-state index in [9.17, 15) is 0 Å². The van der Waals surface area contributed by atoms with Crippen LogP contribution in [0.5, 0.6) is 0 Å². The number of para-hydroxylation sites is 9. The molecular formula is C110H70N14SSi2. The molecule has 0 bridgehead atoms. The van der Waals surface area contributed by atoms with Gasteiger partial charge in [-0.3, -0.25) is 17.9 Å². The van der Waals surface area contributed by atoms with Crippen molar-refractivity contribution in [3.05, 3.63) is 425 Å². The number of hydrogen-bond acceptors (Lipinski definition) is 9. The minimum absolute atomic E-state index is 0.428. The highest BCUT2D eigenvalue weighted by atomic mass is 32.1. The summed E-state index contributed by atoms with van der Waals surface area (Å²) in [5.74, 6) is 4.19. The van der Waals surface area contributed by atoms with Crippen molar-refractivity contribution in [1.29, 1.82) is 0 Å². The quantitative estimate of drug-likeness (QED) is 0.0732. The van der Waals surface area contributed by atoms with Crippen LogP contribution in [0.1, 0.15) is 0 Å². The molecule has 26 rings (SSSR count). The molecule has 9 heterocycles. The molecule has 0 spiro atoms. The van der Waals surface area contributed by atoms with E-state index in [1.807, 2.05) is 17.4 Å². The summed E-state index contributed by atoms with van der Waals surface area (Å²) < 4.78 is 15.6. The molecule has 0 N–H and O–H groups in total. The molecule has 0 amide bonds. The number of benzene rings is 17. The second-order valence-corrected chi connectivity index (χ2v) is 41.3. The predicted octanol–water partition coefficient (Wildman–Crippen LogP) is 19.9. The van der Waals surface area contributed by atoms with Gasteiger partial charge in [-0.15, -0.1) is 11.3 Å². The zero-order valence-corrected chi connectivity index (χ0v) is 70.9. The van der Waals surface area contributed by atoms with Crippen LogP contribution < -0.4 is 41.5 Å². The summed E-state index contributed by atoms with van der Waals surface area (Å²) in [6.45, 7) is 0. The monoisotopic (exact) mass is 1670 g/mol. The van der Waals surface area contributed by atoms with E-state index in [2.05, 4.69) is 446 Å². The standard InChI is InChI=1S/C110H70N14SSi2/c1-6-32-75(33-7-1)126(76-34-8-2-9-35-76,77-36-10-3-11-37-77)81-42-30-31-74(67-81)104-115-106(119-91-48-21-16-43-83(91)84-44-17-22-49-92(84)119)118-108(116-104)124-100-55-28-26-53-98(100)122-96-65-60-73(69-90(96)112-110(122)124)72-59-64-94-87(68-72)85-45-18-23-50-93(85)120(94)105-113-103(114-107(117-105)123-99-54-27-25-52-97(99)121-95-51-24-20-47-89(95)111-109(121)123)71-57-61-80(62-58-71)127(78-38-12-4-13-39-78,79-40-14-5-15-41-79)82-63-66-102-88(70-82)86-46-19-29-56-101(86)125-102/h1-70H. The lowest BCUT2D eigenvalue weighted by molar-refractivity contribution is 0.884. The van der Waals surface area contributed by atoms with E-state index in [0.717, 1.165) is 110 Å². The fourth-order valence-electron chi connectivity index (χ4n) is 20.4. The van der Waals surface area contributed by atoms with Gasteiger partial charge in [-0.2, -0.15) is 29.9 Å². The van der Waals surface area contributed by atoms with E-state index in [4.69, 9.17) is 39.9 Å². The van der Waals surface area contributed by atoms with Gasteiger partial charge in [-0.05, 0) is 144 Å². The molecule has 0 saturated heterocycles. The molecular weight excluding hydrogens is 1610 g/mol. The Morgan fingerprint density at radius 3 is 1.05 bits per heavy atom. The first-order valence-electron chi connectivity index (χ1n) is 42.7. The van der Waals surface area contributed by atoms with Crippen molar-refractivity contribution in [2.45, 2.75) is 0 Å². The number of thiophene rings is 1. The molecule has 17 heteroatoms. The van der Waals surface area contributed by atoms with Crippen LogP contribution in [0.25, 0.3) is 177 Å². The second-order valence-electron chi connectivity index (χ2n) is 32.6. The molecule has 26 aromatic rings. The van der Waals surface area contributed by atoms with Crippen molar-refractivity contribution in [1.82, 2.24) is 66.9 Å². The van der Waals surface area contributed by atoms with E-state index >= 15 is 0 Å². The Bertz CT molecular complexity index is 8740. The van der Waals surface area contributed by atoms with Gasteiger partial charge in [0.1, 0.15) is 0 Å². The number of hydrogen-bond donors (Lipinski definition) is 0. The van der Waals surface area contributed by atoms with Gasteiger partial charge < -0.3 is 0 Å². The number of aromatic nitrogens is 14. The summed E-state index contributed by atoms with van der Waals surface area (Å²) in [5.41, 5.74) is 14.9. The lowest BCUT2D eigenvalue weighted by atomic mass is 10.0. The normalized spacial score (nSPS) is 12.3. The molecule has 0 aliphatic carbocycles. The Labute approximate surface area is 732 Å². The molecule has 0 atom stereocenters. The average Bonchev–Trinajstić information content (AvgIpc) is 1.66. The molecule has 17 aromatic carbocycles. The van der Waals surface area contributed by atoms with Gasteiger partial charge in [-0.25, -0.2) is 19.1 Å². The predicted molar refractivity (Wildman–Crippen MR) is 524 cm³/mol. The van der Waals surface area contributed by atoms with Crippen LogP contribution >= 0.6 is 11.3 Å². The van der Waals surface area contributed by atoms with Crippen molar-refractivity contribution in [3.63, 3.8) is 0 Å². The first-order valence-corrected chi connectivity index (χ1v) is 47.5. The highest BCUT2D eigenvalue weighted by molar-refractivity contribution is 7.26. The fourth-order valence-corrected chi connectivity index (χ4v) is 31.0. The molecule has 0 unspecified atom stereocenters. The van der Waals surface area contributed by atoms with Crippen LogP contribution in [0.3, 0.4) is 0 Å². The summed E-state index contributed by atoms with van der Waals surface area (Å²) in [6.07, 6.45) is 0. The highest BCUT2D eigenvalue weighted by Gasteiger charge is 2.44. The number of rotatable bonds is 15.